The molecule has 0 radical (unpaired) electrons. The van der Waals surface area contributed by atoms with E-state index in [-0.39, 0.29) is 5.41 Å². The van der Waals surface area contributed by atoms with Gasteiger partial charge in [-0.25, -0.2) is 4.57 Å². The van der Waals surface area contributed by atoms with Crippen LogP contribution in [-0.2, 0) is 9.98 Å². The maximum atomic E-state index is 11.4. The van der Waals surface area contributed by atoms with Gasteiger partial charge in [0, 0.05) is 11.2 Å². The second kappa shape index (κ2) is 3.16. The van der Waals surface area contributed by atoms with Crippen molar-refractivity contribution in [3.63, 3.8) is 0 Å². The first-order valence-corrected chi connectivity index (χ1v) is 7.06. The molecule has 0 spiro atoms. The molecule has 3 nitrogen and oxygen atoms in total. The third-order valence-corrected chi connectivity index (χ3v) is 3.47. The van der Waals surface area contributed by atoms with Gasteiger partial charge < -0.3 is 9.05 Å². The van der Waals surface area contributed by atoms with E-state index in [2.05, 4.69) is 20.8 Å². The second-order valence-electron chi connectivity index (χ2n) is 4.52. The summed E-state index contributed by atoms with van der Waals surface area (Å²) >= 11 is 5.51. The molecule has 5 heteroatoms. The van der Waals surface area contributed by atoms with Crippen LogP contribution in [0.5, 0.6) is 11.5 Å². The van der Waals surface area contributed by atoms with Gasteiger partial charge in [0.15, 0.2) is 11.5 Å². The number of hydrogen-bond acceptors (Lipinski definition) is 3. The standard InChI is InChI=1S/C10H12ClO3P/c1-10(2,3)7-4-5-8-9(6-7)14-15(11,12)13-8/h4-6H,1-3H3. The van der Waals surface area contributed by atoms with Gasteiger partial charge in [-0.3, -0.25) is 0 Å². The monoisotopic (exact) mass is 246 g/mol. The Labute approximate surface area is 93.7 Å². The van der Waals surface area contributed by atoms with Crippen molar-refractivity contribution in [2.45, 2.75) is 26.2 Å². The lowest BCUT2D eigenvalue weighted by Crippen LogP contribution is -2.10. The van der Waals surface area contributed by atoms with Crippen LogP contribution in [0.2, 0.25) is 0 Å². The van der Waals surface area contributed by atoms with E-state index in [0.717, 1.165) is 5.56 Å². The third-order valence-electron chi connectivity index (χ3n) is 2.22. The molecule has 0 saturated heterocycles. The summed E-state index contributed by atoms with van der Waals surface area (Å²) in [5.41, 5.74) is 1.10. The lowest BCUT2D eigenvalue weighted by molar-refractivity contribution is 0.452. The zero-order valence-corrected chi connectivity index (χ0v) is 10.4. The third kappa shape index (κ3) is 2.14. The van der Waals surface area contributed by atoms with Crippen molar-refractivity contribution in [2.24, 2.45) is 0 Å². The van der Waals surface area contributed by atoms with Crippen molar-refractivity contribution in [2.75, 3.05) is 0 Å². The van der Waals surface area contributed by atoms with Crippen LogP contribution >= 0.6 is 18.2 Å². The minimum atomic E-state index is -3.43. The van der Waals surface area contributed by atoms with E-state index in [1.807, 2.05) is 12.1 Å². The largest absolute Gasteiger partial charge is 0.530 e. The van der Waals surface area contributed by atoms with E-state index < -0.39 is 6.95 Å². The molecule has 0 saturated carbocycles. The van der Waals surface area contributed by atoms with Crippen molar-refractivity contribution in [3.8, 4) is 11.5 Å². The Morgan fingerprint density at radius 1 is 1.20 bits per heavy atom. The van der Waals surface area contributed by atoms with Gasteiger partial charge in [-0.2, -0.15) is 0 Å². The molecule has 1 unspecified atom stereocenters. The van der Waals surface area contributed by atoms with Crippen LogP contribution in [0.25, 0.3) is 0 Å². The fraction of sp³-hybridized carbons (Fsp3) is 0.400. The molecule has 0 N–H and O–H groups in total. The molecule has 2 rings (SSSR count). The van der Waals surface area contributed by atoms with Crippen LogP contribution in [0.1, 0.15) is 26.3 Å². The van der Waals surface area contributed by atoms with E-state index in [1.54, 1.807) is 6.07 Å². The molecule has 1 atom stereocenters. The first-order valence-electron chi connectivity index (χ1n) is 4.61. The van der Waals surface area contributed by atoms with E-state index in [4.69, 9.17) is 20.3 Å². The molecule has 0 bridgehead atoms. The van der Waals surface area contributed by atoms with Gasteiger partial charge >= 0.3 is 6.95 Å². The number of benzene rings is 1. The summed E-state index contributed by atoms with van der Waals surface area (Å²) in [5, 5.41) is 0. The van der Waals surface area contributed by atoms with Crippen LogP contribution < -0.4 is 9.05 Å². The van der Waals surface area contributed by atoms with E-state index in [9.17, 15) is 4.57 Å². The Morgan fingerprint density at radius 2 is 1.80 bits per heavy atom. The Balaban J connectivity index is 2.43. The fourth-order valence-corrected chi connectivity index (χ4v) is 2.62. The van der Waals surface area contributed by atoms with Crippen molar-refractivity contribution in [3.05, 3.63) is 23.8 Å². The summed E-state index contributed by atoms with van der Waals surface area (Å²) in [6.07, 6.45) is 0. The lowest BCUT2D eigenvalue weighted by Gasteiger charge is -2.18. The average molecular weight is 247 g/mol. The van der Waals surface area contributed by atoms with E-state index in [0.29, 0.717) is 11.5 Å². The van der Waals surface area contributed by atoms with Gasteiger partial charge in [-0.1, -0.05) is 26.8 Å². The number of fused-ring (bicyclic) bond motifs is 1. The molecule has 0 amide bonds. The molecular weight excluding hydrogens is 235 g/mol. The van der Waals surface area contributed by atoms with Crippen molar-refractivity contribution in [1.29, 1.82) is 0 Å². The number of rotatable bonds is 0. The van der Waals surface area contributed by atoms with Crippen LogP contribution in [-0.4, -0.2) is 0 Å². The highest BCUT2D eigenvalue weighted by molar-refractivity contribution is 7.82. The Morgan fingerprint density at radius 3 is 2.40 bits per heavy atom. The molecule has 1 aromatic carbocycles. The fourth-order valence-electron chi connectivity index (χ4n) is 1.37. The Hall–Kier alpha value is -0.660. The Bertz CT molecular complexity index is 450. The Kier molecular flexibility index (Phi) is 2.29. The lowest BCUT2D eigenvalue weighted by atomic mass is 9.87. The normalized spacial score (nSPS) is 24.3. The maximum Gasteiger partial charge on any atom is 0.530 e. The van der Waals surface area contributed by atoms with Gasteiger partial charge in [-0.15, -0.1) is 0 Å². The minimum absolute atomic E-state index is 0.0112. The summed E-state index contributed by atoms with van der Waals surface area (Å²) < 4.78 is 21.3. The van der Waals surface area contributed by atoms with Gasteiger partial charge in [0.25, 0.3) is 0 Å². The highest BCUT2D eigenvalue weighted by Crippen LogP contribution is 2.61. The summed E-state index contributed by atoms with van der Waals surface area (Å²) in [7, 11) is 0. The van der Waals surface area contributed by atoms with Crippen LogP contribution in [0, 0.1) is 0 Å². The summed E-state index contributed by atoms with van der Waals surface area (Å²) in [5.74, 6) is 0.905. The van der Waals surface area contributed by atoms with Crippen molar-refractivity contribution >= 4 is 18.2 Å². The summed E-state index contributed by atoms with van der Waals surface area (Å²) in [6, 6.07) is 5.47. The molecule has 1 aliphatic rings. The second-order valence-corrected chi connectivity index (χ2v) is 6.99. The predicted molar refractivity (Wildman–Crippen MR) is 59.9 cm³/mol. The van der Waals surface area contributed by atoms with Crippen molar-refractivity contribution in [1.82, 2.24) is 0 Å². The predicted octanol–water partition coefficient (Wildman–Crippen LogP) is 4.10. The zero-order chi connectivity index (χ0) is 11.3. The average Bonchev–Trinajstić information content (AvgIpc) is 2.34. The minimum Gasteiger partial charge on any atom is -0.401 e. The van der Waals surface area contributed by atoms with Gasteiger partial charge in [0.05, 0.1) is 0 Å². The molecule has 0 aromatic heterocycles. The maximum absolute atomic E-state index is 11.4. The van der Waals surface area contributed by atoms with Gasteiger partial charge in [0.1, 0.15) is 0 Å². The molecule has 1 aliphatic heterocycles. The number of hydrogen-bond donors (Lipinski definition) is 0. The molecule has 0 fully saturated rings. The molecule has 0 aliphatic carbocycles. The molecule has 1 heterocycles. The zero-order valence-electron chi connectivity index (χ0n) is 8.78. The van der Waals surface area contributed by atoms with Crippen LogP contribution in [0.15, 0.2) is 18.2 Å². The summed E-state index contributed by atoms with van der Waals surface area (Å²) in [6.45, 7) is 2.84. The quantitative estimate of drug-likeness (QED) is 0.647. The SMILES string of the molecule is CC(C)(C)c1ccc2c(c1)OP(=O)(Cl)O2. The highest BCUT2D eigenvalue weighted by Gasteiger charge is 2.35. The first kappa shape index (κ1) is 10.8. The van der Waals surface area contributed by atoms with Crippen LogP contribution in [0.3, 0.4) is 0 Å². The number of halogens is 1. The van der Waals surface area contributed by atoms with Gasteiger partial charge in [0.2, 0.25) is 0 Å². The highest BCUT2D eigenvalue weighted by atomic mass is 35.7. The molecule has 82 valence electrons. The van der Waals surface area contributed by atoms with E-state index in [1.165, 1.54) is 0 Å². The molecule has 1 aromatic rings. The first-order chi connectivity index (χ1) is 6.78. The van der Waals surface area contributed by atoms with E-state index >= 15 is 0 Å². The van der Waals surface area contributed by atoms with Crippen molar-refractivity contribution < 1.29 is 13.6 Å². The van der Waals surface area contributed by atoms with Gasteiger partial charge in [-0.05, 0) is 23.1 Å². The topological polar surface area (TPSA) is 35.5 Å². The molecular formula is C10H12ClO3P. The van der Waals surface area contributed by atoms with Crippen LogP contribution in [0.4, 0.5) is 0 Å². The summed E-state index contributed by atoms with van der Waals surface area (Å²) in [4.78, 5) is 0. The molecule has 15 heavy (non-hydrogen) atoms. The smallest absolute Gasteiger partial charge is 0.401 e.